The summed E-state index contributed by atoms with van der Waals surface area (Å²) in [5.74, 6) is -3.26. The standard InChI is InChI=1S/C24H30N4O7S/c1-13(21(31)27-19(24(34)35)11-15-4-8-17(30)9-5-15)26-23(33)20(12-36)28-22(32)18(25)10-14-2-6-16(29)7-3-14/h2-9,13,18-20,29-30,36H,10-12,25H2,1H3,(H,26,33)(H,27,31)(H,28,32)(H,34,35). The smallest absolute Gasteiger partial charge is 0.326 e. The molecule has 0 aliphatic rings. The molecule has 4 unspecified atom stereocenters. The van der Waals surface area contributed by atoms with Crippen LogP contribution in [0.4, 0.5) is 0 Å². The maximum absolute atomic E-state index is 12.6. The highest BCUT2D eigenvalue weighted by Gasteiger charge is 2.28. The van der Waals surface area contributed by atoms with E-state index in [0.29, 0.717) is 11.1 Å². The summed E-state index contributed by atoms with van der Waals surface area (Å²) in [6.07, 6.45) is 0.139. The molecule has 36 heavy (non-hydrogen) atoms. The van der Waals surface area contributed by atoms with Crippen LogP contribution >= 0.6 is 12.6 Å². The van der Waals surface area contributed by atoms with Crippen LogP contribution in [0.5, 0.6) is 11.5 Å². The van der Waals surface area contributed by atoms with Crippen molar-refractivity contribution >= 4 is 36.3 Å². The normalized spacial score (nSPS) is 14.1. The molecule has 4 atom stereocenters. The zero-order chi connectivity index (χ0) is 26.8. The molecule has 8 N–H and O–H groups in total. The van der Waals surface area contributed by atoms with Crippen molar-refractivity contribution in [3.63, 3.8) is 0 Å². The molecular weight excluding hydrogens is 488 g/mol. The zero-order valence-corrected chi connectivity index (χ0v) is 20.4. The summed E-state index contributed by atoms with van der Waals surface area (Å²) in [6.45, 7) is 1.38. The average Bonchev–Trinajstić information content (AvgIpc) is 2.84. The lowest BCUT2D eigenvalue weighted by Gasteiger charge is -2.22. The molecule has 0 saturated heterocycles. The third-order valence-corrected chi connectivity index (χ3v) is 5.65. The Morgan fingerprint density at radius 3 is 1.72 bits per heavy atom. The highest BCUT2D eigenvalue weighted by Crippen LogP contribution is 2.12. The van der Waals surface area contributed by atoms with Crippen molar-refractivity contribution in [3.8, 4) is 11.5 Å². The number of aliphatic carboxylic acids is 1. The van der Waals surface area contributed by atoms with E-state index in [1.54, 1.807) is 12.1 Å². The van der Waals surface area contributed by atoms with Gasteiger partial charge in [-0.15, -0.1) is 0 Å². The molecule has 2 aromatic rings. The number of hydrogen-bond acceptors (Lipinski definition) is 8. The largest absolute Gasteiger partial charge is 0.508 e. The number of carbonyl (C=O) groups excluding carboxylic acids is 3. The minimum absolute atomic E-state index is 0.0261. The van der Waals surface area contributed by atoms with Gasteiger partial charge in [0.05, 0.1) is 6.04 Å². The van der Waals surface area contributed by atoms with Crippen molar-refractivity contribution in [3.05, 3.63) is 59.7 Å². The number of rotatable bonds is 12. The van der Waals surface area contributed by atoms with Crippen molar-refractivity contribution < 1.29 is 34.5 Å². The summed E-state index contributed by atoms with van der Waals surface area (Å²) in [5.41, 5.74) is 7.23. The van der Waals surface area contributed by atoms with Crippen molar-refractivity contribution in [2.24, 2.45) is 5.73 Å². The summed E-state index contributed by atoms with van der Waals surface area (Å²) in [7, 11) is 0. The van der Waals surface area contributed by atoms with Gasteiger partial charge < -0.3 is 37.0 Å². The van der Waals surface area contributed by atoms with Gasteiger partial charge in [-0.1, -0.05) is 24.3 Å². The summed E-state index contributed by atoms with van der Waals surface area (Å²) in [5, 5.41) is 35.5. The first-order valence-electron chi connectivity index (χ1n) is 11.1. The van der Waals surface area contributed by atoms with Gasteiger partial charge in [0, 0.05) is 12.2 Å². The van der Waals surface area contributed by atoms with Crippen LogP contribution in [0.15, 0.2) is 48.5 Å². The minimum Gasteiger partial charge on any atom is -0.508 e. The fourth-order valence-corrected chi connectivity index (χ4v) is 3.45. The Hall–Kier alpha value is -3.77. The number of aromatic hydroxyl groups is 2. The lowest BCUT2D eigenvalue weighted by Crippen LogP contribution is -2.57. The number of phenols is 2. The average molecular weight is 519 g/mol. The maximum Gasteiger partial charge on any atom is 0.326 e. The van der Waals surface area contributed by atoms with E-state index >= 15 is 0 Å². The molecule has 2 aromatic carbocycles. The number of nitrogens with two attached hydrogens (primary N) is 1. The topological polar surface area (TPSA) is 191 Å². The van der Waals surface area contributed by atoms with Crippen LogP contribution in [0.25, 0.3) is 0 Å². The molecule has 0 bridgehead atoms. The van der Waals surface area contributed by atoms with Crippen molar-refractivity contribution in [1.29, 1.82) is 0 Å². The van der Waals surface area contributed by atoms with E-state index in [9.17, 15) is 34.5 Å². The number of hydrogen-bond donors (Lipinski definition) is 8. The molecule has 0 spiro atoms. The number of phenolic OH excluding ortho intramolecular Hbond substituents is 2. The van der Waals surface area contributed by atoms with Gasteiger partial charge in [0.25, 0.3) is 0 Å². The molecule has 0 heterocycles. The van der Waals surface area contributed by atoms with E-state index in [0.717, 1.165) is 0 Å². The molecular formula is C24H30N4O7S. The van der Waals surface area contributed by atoms with E-state index in [1.165, 1.54) is 43.3 Å². The third-order valence-electron chi connectivity index (χ3n) is 5.29. The van der Waals surface area contributed by atoms with Crippen molar-refractivity contribution in [2.45, 2.75) is 43.9 Å². The number of amides is 3. The van der Waals surface area contributed by atoms with Crippen molar-refractivity contribution in [1.82, 2.24) is 16.0 Å². The Balaban J connectivity index is 1.91. The minimum atomic E-state index is -1.27. The Bertz CT molecular complexity index is 1060. The maximum atomic E-state index is 12.6. The Morgan fingerprint density at radius 1 is 0.778 bits per heavy atom. The lowest BCUT2D eigenvalue weighted by atomic mass is 10.1. The number of carboxylic acid groups (broad SMARTS) is 1. The second-order valence-corrected chi connectivity index (χ2v) is 8.59. The molecule has 0 saturated carbocycles. The Labute approximate surface area is 213 Å². The molecule has 12 heteroatoms. The predicted octanol–water partition coefficient (Wildman–Crippen LogP) is -0.301. The zero-order valence-electron chi connectivity index (χ0n) is 19.5. The van der Waals surface area contributed by atoms with Gasteiger partial charge >= 0.3 is 5.97 Å². The molecule has 194 valence electrons. The van der Waals surface area contributed by atoms with Crippen LogP contribution in [0.3, 0.4) is 0 Å². The van der Waals surface area contributed by atoms with E-state index in [2.05, 4.69) is 28.6 Å². The number of nitrogens with one attached hydrogen (secondary N) is 3. The van der Waals surface area contributed by atoms with Gasteiger partial charge in [-0.3, -0.25) is 14.4 Å². The number of thiol groups is 1. The van der Waals surface area contributed by atoms with Gasteiger partial charge in [0.1, 0.15) is 29.6 Å². The molecule has 2 rings (SSSR count). The highest BCUT2D eigenvalue weighted by molar-refractivity contribution is 7.80. The predicted molar refractivity (Wildman–Crippen MR) is 135 cm³/mol. The van der Waals surface area contributed by atoms with Gasteiger partial charge in [-0.25, -0.2) is 4.79 Å². The highest BCUT2D eigenvalue weighted by atomic mass is 32.1. The van der Waals surface area contributed by atoms with Crippen LogP contribution in [-0.2, 0) is 32.0 Å². The van der Waals surface area contributed by atoms with E-state index in [1.807, 2.05) is 0 Å². The molecule has 0 radical (unpaired) electrons. The quantitative estimate of drug-likeness (QED) is 0.176. The Kier molecular flexibility index (Phi) is 10.6. The SMILES string of the molecule is CC(NC(=O)C(CS)NC(=O)C(N)Cc1ccc(O)cc1)C(=O)NC(Cc1ccc(O)cc1)C(=O)O. The van der Waals surface area contributed by atoms with Crippen LogP contribution < -0.4 is 21.7 Å². The summed E-state index contributed by atoms with van der Waals surface area (Å²) < 4.78 is 0. The van der Waals surface area contributed by atoms with Gasteiger partial charge in [-0.05, 0) is 48.7 Å². The second-order valence-electron chi connectivity index (χ2n) is 8.22. The van der Waals surface area contributed by atoms with Gasteiger partial charge in [-0.2, -0.15) is 12.6 Å². The second kappa shape index (κ2) is 13.4. The summed E-state index contributed by atoms with van der Waals surface area (Å²) >= 11 is 4.09. The van der Waals surface area contributed by atoms with Gasteiger partial charge in [0.15, 0.2) is 0 Å². The van der Waals surface area contributed by atoms with Crippen LogP contribution in [0, 0.1) is 0 Å². The fourth-order valence-electron chi connectivity index (χ4n) is 3.20. The van der Waals surface area contributed by atoms with Gasteiger partial charge in [0.2, 0.25) is 17.7 Å². The van der Waals surface area contributed by atoms with E-state index in [-0.39, 0.29) is 30.1 Å². The summed E-state index contributed by atoms with van der Waals surface area (Å²) in [4.78, 5) is 49.2. The van der Waals surface area contributed by atoms with Crippen molar-refractivity contribution in [2.75, 3.05) is 5.75 Å². The number of benzene rings is 2. The van der Waals surface area contributed by atoms with Crippen LogP contribution in [0.2, 0.25) is 0 Å². The molecule has 0 fully saturated rings. The lowest BCUT2D eigenvalue weighted by molar-refractivity contribution is -0.142. The molecule has 0 aliphatic carbocycles. The van der Waals surface area contributed by atoms with Crippen LogP contribution in [-0.4, -0.2) is 68.9 Å². The first kappa shape index (κ1) is 28.5. The fraction of sp³-hybridized carbons (Fsp3) is 0.333. The summed E-state index contributed by atoms with van der Waals surface area (Å²) in [6, 6.07) is 7.63. The molecule has 0 aromatic heterocycles. The number of carboxylic acids is 1. The monoisotopic (exact) mass is 518 g/mol. The van der Waals surface area contributed by atoms with E-state index in [4.69, 9.17) is 5.73 Å². The first-order valence-corrected chi connectivity index (χ1v) is 11.7. The molecule has 11 nitrogen and oxygen atoms in total. The molecule has 3 amide bonds. The molecule has 0 aliphatic heterocycles. The van der Waals surface area contributed by atoms with E-state index < -0.39 is 47.9 Å². The third kappa shape index (κ3) is 8.78. The van der Waals surface area contributed by atoms with Crippen LogP contribution in [0.1, 0.15) is 18.1 Å². The Morgan fingerprint density at radius 2 is 1.25 bits per heavy atom. The first-order chi connectivity index (χ1) is 17.0. The number of carbonyl (C=O) groups is 4.